The van der Waals surface area contributed by atoms with Gasteiger partial charge in [0.25, 0.3) is 5.91 Å². The summed E-state index contributed by atoms with van der Waals surface area (Å²) >= 11 is 0. The minimum absolute atomic E-state index is 0.105. The molecule has 1 fully saturated rings. The predicted octanol–water partition coefficient (Wildman–Crippen LogP) is 2.58. The molecule has 2 aliphatic rings. The highest BCUT2D eigenvalue weighted by Gasteiger charge is 2.60. The second-order valence-corrected chi connectivity index (χ2v) is 7.48. The van der Waals surface area contributed by atoms with Crippen LogP contribution >= 0.6 is 0 Å². The van der Waals surface area contributed by atoms with Crippen molar-refractivity contribution in [1.29, 1.82) is 0 Å². The Bertz CT molecular complexity index is 1050. The number of ketones is 1. The summed E-state index contributed by atoms with van der Waals surface area (Å²) in [6, 6.07) is 13.8. The van der Waals surface area contributed by atoms with Gasteiger partial charge >= 0.3 is 5.97 Å². The van der Waals surface area contributed by atoms with Crippen LogP contribution in [0, 0.1) is 0 Å². The number of anilines is 1. The van der Waals surface area contributed by atoms with Crippen molar-refractivity contribution in [3.8, 4) is 0 Å². The van der Waals surface area contributed by atoms with Crippen molar-refractivity contribution < 1.29 is 23.9 Å². The highest BCUT2D eigenvalue weighted by atomic mass is 16.5. The largest absolute Gasteiger partial charge is 0.454 e. The monoisotopic (exact) mass is 406 g/mol. The molecule has 1 saturated heterocycles. The molecule has 0 unspecified atom stereocenters. The second-order valence-electron chi connectivity index (χ2n) is 7.48. The lowest BCUT2D eigenvalue weighted by Crippen LogP contribution is -2.67. The van der Waals surface area contributed by atoms with Crippen molar-refractivity contribution in [2.45, 2.75) is 31.8 Å². The molecule has 4 rings (SSSR count). The number of ether oxygens (including phenoxy) is 1. The third-order valence-corrected chi connectivity index (χ3v) is 5.89. The second kappa shape index (κ2) is 7.40. The van der Waals surface area contributed by atoms with Gasteiger partial charge in [-0.05, 0) is 24.1 Å². The van der Waals surface area contributed by atoms with E-state index in [1.54, 1.807) is 36.4 Å². The number of aryl methyl sites for hydroxylation is 1. The lowest BCUT2D eigenvalue weighted by atomic mass is 9.97. The normalized spacial score (nSPS) is 20.1. The number of likely N-dealkylation sites (N-methyl/N-ethyl adjacent to an activating group) is 1. The maximum atomic E-state index is 13.2. The zero-order valence-electron chi connectivity index (χ0n) is 16.9. The van der Waals surface area contributed by atoms with Crippen LogP contribution in [0.2, 0.25) is 0 Å². The summed E-state index contributed by atoms with van der Waals surface area (Å²) in [5, 5.41) is 0. The molecule has 0 N–H and O–H groups in total. The molecule has 1 atom stereocenters. The number of hydrogen-bond donors (Lipinski definition) is 0. The summed E-state index contributed by atoms with van der Waals surface area (Å²) in [6.45, 7) is 1.56. The van der Waals surface area contributed by atoms with Gasteiger partial charge in [0, 0.05) is 25.5 Å². The predicted molar refractivity (Wildman–Crippen MR) is 109 cm³/mol. The number of nitrogens with zero attached hydrogens (tertiary/aromatic N) is 2. The molecule has 2 aliphatic heterocycles. The maximum absolute atomic E-state index is 13.2. The van der Waals surface area contributed by atoms with Crippen molar-refractivity contribution >= 4 is 29.3 Å². The molecule has 2 aromatic rings. The number of carbonyl (C=O) groups is 4. The number of carbonyl (C=O) groups excluding carboxylic acids is 4. The molecule has 2 amide bonds. The number of Topliss-reactive ketones (excluding diaryl/α,β-unsaturated/α-hetero) is 1. The summed E-state index contributed by atoms with van der Waals surface area (Å²) in [7, 11) is 1.48. The number of benzene rings is 2. The van der Waals surface area contributed by atoms with Gasteiger partial charge in [-0.15, -0.1) is 0 Å². The topological polar surface area (TPSA) is 84.0 Å². The lowest BCUT2D eigenvalue weighted by Gasteiger charge is -2.46. The molecule has 154 valence electrons. The zero-order valence-corrected chi connectivity index (χ0v) is 16.9. The van der Waals surface area contributed by atoms with Crippen LogP contribution < -0.4 is 4.90 Å². The number of fused-ring (bicyclic) bond motifs is 3. The van der Waals surface area contributed by atoms with Crippen LogP contribution in [0.25, 0.3) is 0 Å². The van der Waals surface area contributed by atoms with Crippen LogP contribution in [-0.4, -0.2) is 47.8 Å². The van der Waals surface area contributed by atoms with Crippen LogP contribution in [0.1, 0.15) is 46.0 Å². The Labute approximate surface area is 174 Å². The smallest absolute Gasteiger partial charge is 0.354 e. The molecular formula is C23H22N2O5. The molecule has 0 spiro atoms. The van der Waals surface area contributed by atoms with Crippen molar-refractivity contribution in [1.82, 2.24) is 4.90 Å². The van der Waals surface area contributed by atoms with Crippen molar-refractivity contribution in [3.05, 3.63) is 65.2 Å². The first-order chi connectivity index (χ1) is 14.4. The van der Waals surface area contributed by atoms with E-state index in [0.29, 0.717) is 16.8 Å². The van der Waals surface area contributed by atoms with Crippen LogP contribution in [0.5, 0.6) is 0 Å². The quantitative estimate of drug-likeness (QED) is 0.563. The fourth-order valence-corrected chi connectivity index (χ4v) is 4.15. The van der Waals surface area contributed by atoms with Crippen molar-refractivity contribution in [3.63, 3.8) is 0 Å². The molecule has 2 aromatic carbocycles. The van der Waals surface area contributed by atoms with Gasteiger partial charge in [-0.25, -0.2) is 4.79 Å². The van der Waals surface area contributed by atoms with Crippen LogP contribution in [0.3, 0.4) is 0 Å². The zero-order chi connectivity index (χ0) is 21.5. The van der Waals surface area contributed by atoms with Gasteiger partial charge in [0.2, 0.25) is 11.6 Å². The Morgan fingerprint density at radius 2 is 1.77 bits per heavy atom. The maximum Gasteiger partial charge on any atom is 0.354 e. The van der Waals surface area contributed by atoms with Crippen molar-refractivity contribution in [2.75, 3.05) is 18.6 Å². The van der Waals surface area contributed by atoms with E-state index in [0.717, 1.165) is 12.0 Å². The number of hydrogen-bond acceptors (Lipinski definition) is 5. The Morgan fingerprint density at radius 3 is 2.47 bits per heavy atom. The summed E-state index contributed by atoms with van der Waals surface area (Å²) in [5.41, 5.74) is 0.709. The first-order valence-electron chi connectivity index (χ1n) is 9.89. The van der Waals surface area contributed by atoms with Gasteiger partial charge in [-0.1, -0.05) is 43.3 Å². The average Bonchev–Trinajstić information content (AvgIpc) is 3.14. The van der Waals surface area contributed by atoms with Gasteiger partial charge in [0.05, 0.1) is 11.3 Å². The molecule has 0 radical (unpaired) electrons. The summed E-state index contributed by atoms with van der Waals surface area (Å²) in [5.74, 6) is -1.75. The molecule has 7 heteroatoms. The third-order valence-electron chi connectivity index (χ3n) is 5.89. The van der Waals surface area contributed by atoms with E-state index in [2.05, 4.69) is 0 Å². The molecule has 30 heavy (non-hydrogen) atoms. The number of amides is 2. The van der Waals surface area contributed by atoms with E-state index in [4.69, 9.17) is 4.74 Å². The minimum atomic E-state index is -1.57. The third kappa shape index (κ3) is 2.89. The number of para-hydroxylation sites is 1. The average molecular weight is 406 g/mol. The molecule has 7 nitrogen and oxygen atoms in total. The van der Waals surface area contributed by atoms with E-state index >= 15 is 0 Å². The fraction of sp³-hybridized carbons (Fsp3) is 0.304. The number of esters is 1. The van der Waals surface area contributed by atoms with Gasteiger partial charge in [0.1, 0.15) is 0 Å². The van der Waals surface area contributed by atoms with Gasteiger partial charge < -0.3 is 9.64 Å². The highest BCUT2D eigenvalue weighted by Crippen LogP contribution is 2.44. The summed E-state index contributed by atoms with van der Waals surface area (Å²) in [6.07, 6.45) is 1.08. The fourth-order valence-electron chi connectivity index (χ4n) is 4.15. The van der Waals surface area contributed by atoms with E-state index < -0.39 is 18.2 Å². The lowest BCUT2D eigenvalue weighted by molar-refractivity contribution is -0.155. The van der Waals surface area contributed by atoms with E-state index in [1.807, 2.05) is 19.1 Å². The van der Waals surface area contributed by atoms with Gasteiger partial charge in [0.15, 0.2) is 12.4 Å². The molecule has 0 aromatic heterocycles. The Kier molecular flexibility index (Phi) is 4.89. The molecule has 2 heterocycles. The Balaban J connectivity index is 1.60. The Hall–Kier alpha value is -3.48. The first-order valence-corrected chi connectivity index (χ1v) is 9.89. The first kappa shape index (κ1) is 19.8. The molecule has 0 aliphatic carbocycles. The Morgan fingerprint density at radius 1 is 1.07 bits per heavy atom. The molecule has 0 bridgehead atoms. The van der Waals surface area contributed by atoms with E-state index in [-0.39, 0.29) is 30.4 Å². The molecule has 0 saturated carbocycles. The minimum Gasteiger partial charge on any atom is -0.454 e. The van der Waals surface area contributed by atoms with E-state index in [1.165, 1.54) is 16.8 Å². The number of rotatable bonds is 5. The van der Waals surface area contributed by atoms with Crippen LogP contribution in [0.15, 0.2) is 48.5 Å². The SMILES string of the molecule is CCc1ccc(C(=O)COC(=O)[C@]23CCC(=O)N2c2ccccc2C(=O)N3C)cc1. The highest BCUT2D eigenvalue weighted by molar-refractivity contribution is 6.15. The van der Waals surface area contributed by atoms with Crippen LogP contribution in [0.4, 0.5) is 5.69 Å². The van der Waals surface area contributed by atoms with Crippen LogP contribution in [-0.2, 0) is 20.7 Å². The molecular weight excluding hydrogens is 384 g/mol. The van der Waals surface area contributed by atoms with Gasteiger partial charge in [-0.2, -0.15) is 0 Å². The van der Waals surface area contributed by atoms with Crippen molar-refractivity contribution in [2.24, 2.45) is 0 Å². The summed E-state index contributed by atoms with van der Waals surface area (Å²) in [4.78, 5) is 53.8. The standard InChI is InChI=1S/C23H22N2O5/c1-3-15-8-10-16(11-9-15)19(26)14-30-22(29)23-13-12-20(27)25(23)18-7-5-4-6-17(18)21(28)24(23)2/h4-11H,3,12-14H2,1-2H3/t23-/m0/s1. The van der Waals surface area contributed by atoms with Gasteiger partial charge in [-0.3, -0.25) is 19.3 Å². The summed E-state index contributed by atoms with van der Waals surface area (Å²) < 4.78 is 5.36. The van der Waals surface area contributed by atoms with E-state index in [9.17, 15) is 19.2 Å².